The maximum atomic E-state index is 4.23. The molecule has 0 radical (unpaired) electrons. The number of fused-ring (bicyclic) bond motifs is 2. The van der Waals surface area contributed by atoms with Crippen LogP contribution < -0.4 is 0 Å². The Morgan fingerprint density at radius 2 is 2.06 bits per heavy atom. The predicted molar refractivity (Wildman–Crippen MR) is 66.3 cm³/mol. The second-order valence-electron chi connectivity index (χ2n) is 4.80. The van der Waals surface area contributed by atoms with Gasteiger partial charge in [-0.25, -0.2) is 4.31 Å². The number of likely N-dealkylation sites (tertiary alicyclic amines) is 1. The molecule has 2 aliphatic heterocycles. The highest BCUT2D eigenvalue weighted by atomic mass is 32.2. The molecule has 3 heterocycles. The van der Waals surface area contributed by atoms with Gasteiger partial charge in [-0.05, 0) is 63.6 Å². The van der Waals surface area contributed by atoms with Crippen molar-refractivity contribution < 1.29 is 0 Å². The number of nitrogens with zero attached hydrogens (tertiary/aromatic N) is 3. The monoisotopic (exact) mass is 235 g/mol. The Hall–Kier alpha value is -0.580. The Morgan fingerprint density at radius 1 is 1.31 bits per heavy atom. The van der Waals surface area contributed by atoms with Gasteiger partial charge in [-0.3, -0.25) is 4.98 Å². The van der Waals surface area contributed by atoms with Crippen molar-refractivity contribution >= 4 is 11.9 Å². The average molecular weight is 235 g/mol. The second-order valence-corrected chi connectivity index (χ2v) is 5.97. The molecule has 1 aromatic rings. The minimum atomic E-state index is 0.259. The van der Waals surface area contributed by atoms with E-state index >= 15 is 0 Å². The van der Waals surface area contributed by atoms with Gasteiger partial charge in [0.2, 0.25) is 0 Å². The molecule has 1 spiro atoms. The molecule has 86 valence electrons. The summed E-state index contributed by atoms with van der Waals surface area (Å²) < 4.78 is 2.44. The van der Waals surface area contributed by atoms with Crippen LogP contribution in [0.15, 0.2) is 23.4 Å². The summed E-state index contributed by atoms with van der Waals surface area (Å²) >= 11 is 1.85. The van der Waals surface area contributed by atoms with Crippen LogP contribution in [0.3, 0.4) is 0 Å². The Labute approximate surface area is 101 Å². The van der Waals surface area contributed by atoms with Crippen molar-refractivity contribution in [3.63, 3.8) is 0 Å². The maximum absolute atomic E-state index is 4.23. The van der Waals surface area contributed by atoms with E-state index < -0.39 is 0 Å². The van der Waals surface area contributed by atoms with Gasteiger partial charge in [-0.15, -0.1) is 0 Å². The number of hydrogen-bond acceptors (Lipinski definition) is 4. The fraction of sp³-hybridized carbons (Fsp3) is 0.583. The average Bonchev–Trinajstić information content (AvgIpc) is 2.57. The van der Waals surface area contributed by atoms with Gasteiger partial charge >= 0.3 is 0 Å². The lowest BCUT2D eigenvalue weighted by Gasteiger charge is -2.42. The minimum Gasteiger partial charge on any atom is -0.306 e. The third kappa shape index (κ3) is 1.40. The number of hydrogen-bond donors (Lipinski definition) is 0. The van der Waals surface area contributed by atoms with Gasteiger partial charge < -0.3 is 4.90 Å². The molecule has 0 unspecified atom stereocenters. The zero-order valence-corrected chi connectivity index (χ0v) is 10.6. The summed E-state index contributed by atoms with van der Waals surface area (Å²) in [7, 11) is 4.43. The molecule has 16 heavy (non-hydrogen) atoms. The van der Waals surface area contributed by atoms with E-state index in [9.17, 15) is 0 Å². The molecule has 0 aromatic carbocycles. The first kappa shape index (κ1) is 10.6. The number of pyridine rings is 1. The molecule has 3 nitrogen and oxygen atoms in total. The van der Waals surface area contributed by atoms with E-state index in [1.54, 1.807) is 0 Å². The molecule has 0 N–H and O–H groups in total. The van der Waals surface area contributed by atoms with Gasteiger partial charge in [0.1, 0.15) is 0 Å². The summed E-state index contributed by atoms with van der Waals surface area (Å²) in [4.78, 5) is 7.99. The maximum Gasteiger partial charge on any atom is 0.0598 e. The lowest BCUT2D eigenvalue weighted by Crippen LogP contribution is -2.46. The summed E-state index contributed by atoms with van der Waals surface area (Å²) in [6, 6.07) is 2.21. The zero-order chi connectivity index (χ0) is 11.2. The van der Waals surface area contributed by atoms with Gasteiger partial charge in [-0.1, -0.05) is 0 Å². The third-order valence-electron chi connectivity index (χ3n) is 3.94. The molecule has 0 atom stereocenters. The molecule has 0 aliphatic carbocycles. The first-order valence-electron chi connectivity index (χ1n) is 5.77. The van der Waals surface area contributed by atoms with E-state index in [0.717, 1.165) is 0 Å². The first-order chi connectivity index (χ1) is 7.72. The second kappa shape index (κ2) is 3.72. The molecular formula is C12H17N3S. The van der Waals surface area contributed by atoms with E-state index in [0.29, 0.717) is 0 Å². The van der Waals surface area contributed by atoms with E-state index in [4.69, 9.17) is 0 Å². The number of piperidine rings is 1. The van der Waals surface area contributed by atoms with Gasteiger partial charge in [0.25, 0.3) is 0 Å². The van der Waals surface area contributed by atoms with E-state index in [1.807, 2.05) is 24.3 Å². The van der Waals surface area contributed by atoms with Crippen molar-refractivity contribution in [1.82, 2.24) is 14.2 Å². The van der Waals surface area contributed by atoms with Gasteiger partial charge in [-0.2, -0.15) is 0 Å². The molecule has 3 rings (SSSR count). The van der Waals surface area contributed by atoms with E-state index in [2.05, 4.69) is 34.4 Å². The highest BCUT2D eigenvalue weighted by molar-refractivity contribution is 7.97. The van der Waals surface area contributed by atoms with Crippen LogP contribution in [0, 0.1) is 0 Å². The smallest absolute Gasteiger partial charge is 0.0598 e. The Balaban J connectivity index is 2.01. The lowest BCUT2D eigenvalue weighted by molar-refractivity contribution is 0.114. The number of rotatable bonds is 0. The van der Waals surface area contributed by atoms with Crippen LogP contribution in [0.5, 0.6) is 0 Å². The largest absolute Gasteiger partial charge is 0.306 e. The first-order valence-corrected chi connectivity index (χ1v) is 6.54. The van der Waals surface area contributed by atoms with Gasteiger partial charge in [0.15, 0.2) is 0 Å². The quantitative estimate of drug-likeness (QED) is 0.640. The molecule has 4 heteroatoms. The Bertz CT molecular complexity index is 399. The van der Waals surface area contributed by atoms with Crippen molar-refractivity contribution in [2.24, 2.45) is 0 Å². The lowest BCUT2D eigenvalue weighted by atomic mass is 9.81. The molecule has 0 saturated carbocycles. The van der Waals surface area contributed by atoms with Crippen LogP contribution in [0.2, 0.25) is 0 Å². The standard InChI is InChI=1S/C12H17N3S/c1-14-7-4-12(5-8-14)10-3-6-13-9-11(10)16-15(12)2/h3,6,9H,4-5,7-8H2,1-2H3. The summed E-state index contributed by atoms with van der Waals surface area (Å²) in [6.07, 6.45) is 6.39. The van der Waals surface area contributed by atoms with Gasteiger partial charge in [0.05, 0.1) is 5.54 Å². The van der Waals surface area contributed by atoms with Crippen molar-refractivity contribution in [2.75, 3.05) is 27.2 Å². The van der Waals surface area contributed by atoms with Gasteiger partial charge in [0, 0.05) is 17.3 Å². The van der Waals surface area contributed by atoms with Crippen LogP contribution in [0.1, 0.15) is 18.4 Å². The fourth-order valence-electron chi connectivity index (χ4n) is 2.81. The molecule has 1 aromatic heterocycles. The molecule has 0 bridgehead atoms. The molecule has 1 fully saturated rings. The SMILES string of the molecule is CN1CCC2(CC1)c1ccncc1SN2C. The summed E-state index contributed by atoms with van der Waals surface area (Å²) in [5.74, 6) is 0. The van der Waals surface area contributed by atoms with Crippen LogP contribution in [-0.4, -0.2) is 41.4 Å². The van der Waals surface area contributed by atoms with Crippen LogP contribution >= 0.6 is 11.9 Å². The summed E-state index contributed by atoms with van der Waals surface area (Å²) in [5, 5.41) is 0. The van der Waals surface area contributed by atoms with Crippen LogP contribution in [0.25, 0.3) is 0 Å². The zero-order valence-electron chi connectivity index (χ0n) is 9.81. The molecule has 1 saturated heterocycles. The highest BCUT2D eigenvalue weighted by Crippen LogP contribution is 2.51. The van der Waals surface area contributed by atoms with Crippen LogP contribution in [-0.2, 0) is 5.54 Å². The topological polar surface area (TPSA) is 19.4 Å². The summed E-state index contributed by atoms with van der Waals surface area (Å²) in [5.41, 5.74) is 1.75. The Kier molecular flexibility index (Phi) is 2.46. The highest BCUT2D eigenvalue weighted by Gasteiger charge is 2.45. The normalized spacial score (nSPS) is 24.9. The minimum absolute atomic E-state index is 0.259. The van der Waals surface area contributed by atoms with Crippen molar-refractivity contribution in [2.45, 2.75) is 23.3 Å². The molecule has 0 amide bonds. The van der Waals surface area contributed by atoms with Crippen molar-refractivity contribution in [3.05, 3.63) is 24.0 Å². The number of aromatic nitrogens is 1. The van der Waals surface area contributed by atoms with E-state index in [-0.39, 0.29) is 5.54 Å². The van der Waals surface area contributed by atoms with E-state index in [1.165, 1.54) is 36.4 Å². The predicted octanol–water partition coefficient (Wildman–Crippen LogP) is 1.96. The third-order valence-corrected chi connectivity index (χ3v) is 5.08. The molecular weight excluding hydrogens is 218 g/mol. The summed E-state index contributed by atoms with van der Waals surface area (Å²) in [6.45, 7) is 2.37. The van der Waals surface area contributed by atoms with Crippen LogP contribution in [0.4, 0.5) is 0 Å². The van der Waals surface area contributed by atoms with Crippen molar-refractivity contribution in [3.8, 4) is 0 Å². The Morgan fingerprint density at radius 3 is 2.81 bits per heavy atom. The fourth-order valence-corrected chi connectivity index (χ4v) is 4.03. The van der Waals surface area contributed by atoms with Crippen molar-refractivity contribution in [1.29, 1.82) is 0 Å². The molecule has 2 aliphatic rings.